The Morgan fingerprint density at radius 3 is 2.48 bits per heavy atom. The van der Waals surface area contributed by atoms with Crippen molar-refractivity contribution in [3.63, 3.8) is 0 Å². The zero-order chi connectivity index (χ0) is 16.0. The number of halogens is 3. The Labute approximate surface area is 150 Å². The van der Waals surface area contributed by atoms with Crippen LogP contribution < -0.4 is 5.32 Å². The zero-order valence-corrected chi connectivity index (χ0v) is 14.6. The van der Waals surface area contributed by atoms with Gasteiger partial charge in [-0.2, -0.15) is 0 Å². The Morgan fingerprint density at radius 2 is 1.70 bits per heavy atom. The van der Waals surface area contributed by atoms with Crippen LogP contribution in [-0.2, 0) is 13.0 Å². The van der Waals surface area contributed by atoms with E-state index in [1.165, 1.54) is 16.6 Å². The highest BCUT2D eigenvalue weighted by Gasteiger charge is 2.14. The van der Waals surface area contributed by atoms with Crippen molar-refractivity contribution in [3.8, 4) is 11.1 Å². The lowest BCUT2D eigenvalue weighted by Crippen LogP contribution is -2.17. The molecule has 2 aromatic carbocycles. The summed E-state index contributed by atoms with van der Waals surface area (Å²) in [4.78, 5) is 0. The van der Waals surface area contributed by atoms with E-state index < -0.39 is 0 Å². The second-order valence-electron chi connectivity index (χ2n) is 5.81. The largest absolute Gasteiger partial charge is 0.343 e. The Kier molecular flexibility index (Phi) is 4.02. The van der Waals surface area contributed by atoms with Gasteiger partial charge in [0.15, 0.2) is 0 Å². The standard InChI is InChI=1S/C18H15Cl3N2/c19-13-9-15(20)18(16(21)10-13)11-1-2-17-12(7-11)8-14-3-4-22-5-6-23(14)17/h1-2,7-10,22H,3-6H2. The van der Waals surface area contributed by atoms with Crippen LogP contribution in [0.15, 0.2) is 36.4 Å². The summed E-state index contributed by atoms with van der Waals surface area (Å²) in [5.41, 5.74) is 4.48. The molecule has 1 N–H and O–H groups in total. The van der Waals surface area contributed by atoms with Crippen LogP contribution >= 0.6 is 34.8 Å². The van der Waals surface area contributed by atoms with Gasteiger partial charge >= 0.3 is 0 Å². The van der Waals surface area contributed by atoms with Gasteiger partial charge in [0.1, 0.15) is 0 Å². The van der Waals surface area contributed by atoms with E-state index in [-0.39, 0.29) is 0 Å². The second kappa shape index (κ2) is 6.03. The maximum Gasteiger partial charge on any atom is 0.0514 e. The molecule has 0 unspecified atom stereocenters. The van der Waals surface area contributed by atoms with Crippen LogP contribution in [0, 0.1) is 0 Å². The van der Waals surface area contributed by atoms with Crippen molar-refractivity contribution in [2.45, 2.75) is 13.0 Å². The van der Waals surface area contributed by atoms with Crippen molar-refractivity contribution in [2.24, 2.45) is 0 Å². The zero-order valence-electron chi connectivity index (χ0n) is 12.4. The van der Waals surface area contributed by atoms with E-state index in [0.717, 1.165) is 37.2 Å². The van der Waals surface area contributed by atoms with Gasteiger partial charge in [-0.3, -0.25) is 0 Å². The Hall–Kier alpha value is -1.19. The fraction of sp³-hybridized carbons (Fsp3) is 0.222. The number of nitrogens with one attached hydrogen (secondary N) is 1. The highest BCUT2D eigenvalue weighted by Crippen LogP contribution is 2.38. The minimum atomic E-state index is 0.549. The van der Waals surface area contributed by atoms with Crippen LogP contribution in [0.2, 0.25) is 15.1 Å². The molecule has 5 heteroatoms. The molecule has 0 radical (unpaired) electrons. The number of fused-ring (bicyclic) bond motifs is 3. The molecule has 2 nitrogen and oxygen atoms in total. The predicted molar refractivity (Wildman–Crippen MR) is 99.0 cm³/mol. The van der Waals surface area contributed by atoms with Crippen LogP contribution in [-0.4, -0.2) is 17.7 Å². The Balaban J connectivity index is 1.87. The molecule has 4 rings (SSSR count). The maximum absolute atomic E-state index is 6.36. The molecular formula is C18H15Cl3N2. The lowest BCUT2D eigenvalue weighted by atomic mass is 10.0. The van der Waals surface area contributed by atoms with E-state index in [0.29, 0.717) is 15.1 Å². The van der Waals surface area contributed by atoms with Gasteiger partial charge < -0.3 is 9.88 Å². The number of aromatic nitrogens is 1. The summed E-state index contributed by atoms with van der Waals surface area (Å²) in [6.07, 6.45) is 1.05. The summed E-state index contributed by atoms with van der Waals surface area (Å²) in [6.45, 7) is 3.03. The van der Waals surface area contributed by atoms with E-state index in [9.17, 15) is 0 Å². The van der Waals surface area contributed by atoms with Crippen molar-refractivity contribution in [1.82, 2.24) is 9.88 Å². The van der Waals surface area contributed by atoms with Crippen LogP contribution in [0.25, 0.3) is 22.0 Å². The first-order valence-electron chi connectivity index (χ1n) is 7.61. The Bertz CT molecular complexity index is 876. The van der Waals surface area contributed by atoms with Crippen molar-refractivity contribution in [2.75, 3.05) is 13.1 Å². The molecule has 0 saturated heterocycles. The van der Waals surface area contributed by atoms with Gasteiger partial charge in [-0.15, -0.1) is 0 Å². The van der Waals surface area contributed by atoms with E-state index in [1.807, 2.05) is 0 Å². The molecule has 118 valence electrons. The normalized spacial score (nSPS) is 14.7. The van der Waals surface area contributed by atoms with Crippen molar-refractivity contribution < 1.29 is 0 Å². The molecule has 1 aliphatic heterocycles. The molecule has 1 aliphatic rings. The van der Waals surface area contributed by atoms with Crippen molar-refractivity contribution in [3.05, 3.63) is 57.2 Å². The van der Waals surface area contributed by atoms with Crippen molar-refractivity contribution in [1.29, 1.82) is 0 Å². The molecule has 0 bridgehead atoms. The molecule has 2 heterocycles. The van der Waals surface area contributed by atoms with E-state index in [1.54, 1.807) is 12.1 Å². The SMILES string of the molecule is Clc1cc(Cl)c(-c2ccc3c(c2)cc2n3CCNCC2)c(Cl)c1. The minimum absolute atomic E-state index is 0.549. The topological polar surface area (TPSA) is 17.0 Å². The van der Waals surface area contributed by atoms with Crippen molar-refractivity contribution >= 4 is 45.7 Å². The smallest absolute Gasteiger partial charge is 0.0514 e. The quantitative estimate of drug-likeness (QED) is 0.610. The molecule has 0 amide bonds. The summed E-state index contributed by atoms with van der Waals surface area (Å²) >= 11 is 18.7. The lowest BCUT2D eigenvalue weighted by molar-refractivity contribution is 0.658. The molecule has 1 aromatic heterocycles. The molecule has 23 heavy (non-hydrogen) atoms. The summed E-state index contributed by atoms with van der Waals surface area (Å²) in [5, 5.41) is 6.36. The van der Waals surface area contributed by atoms with Gasteiger partial charge in [0.2, 0.25) is 0 Å². The minimum Gasteiger partial charge on any atom is -0.343 e. The van der Waals surface area contributed by atoms with E-state index in [4.69, 9.17) is 34.8 Å². The highest BCUT2D eigenvalue weighted by atomic mass is 35.5. The third kappa shape index (κ3) is 2.74. The third-order valence-electron chi connectivity index (χ3n) is 4.35. The molecule has 0 aliphatic carbocycles. The van der Waals surface area contributed by atoms with Crippen LogP contribution in [0.1, 0.15) is 5.69 Å². The first-order valence-corrected chi connectivity index (χ1v) is 8.75. The van der Waals surface area contributed by atoms with Crippen LogP contribution in [0.4, 0.5) is 0 Å². The molecule has 3 aromatic rings. The lowest BCUT2D eigenvalue weighted by Gasteiger charge is -2.10. The molecule has 0 fully saturated rings. The first kappa shape index (κ1) is 15.3. The molecule has 0 atom stereocenters. The van der Waals surface area contributed by atoms with Gasteiger partial charge in [0, 0.05) is 53.2 Å². The number of nitrogens with zero attached hydrogens (tertiary/aromatic N) is 1. The van der Waals surface area contributed by atoms with E-state index in [2.05, 4.69) is 34.1 Å². The second-order valence-corrected chi connectivity index (χ2v) is 7.06. The number of benzene rings is 2. The predicted octanol–water partition coefficient (Wildman–Crippen LogP) is 5.41. The van der Waals surface area contributed by atoms with Gasteiger partial charge in [0.25, 0.3) is 0 Å². The number of hydrogen-bond acceptors (Lipinski definition) is 1. The maximum atomic E-state index is 6.36. The Morgan fingerprint density at radius 1 is 0.913 bits per heavy atom. The van der Waals surface area contributed by atoms with E-state index >= 15 is 0 Å². The summed E-state index contributed by atoms with van der Waals surface area (Å²) in [5.74, 6) is 0. The number of hydrogen-bond donors (Lipinski definition) is 1. The monoisotopic (exact) mass is 364 g/mol. The molecule has 0 saturated carbocycles. The number of rotatable bonds is 1. The van der Waals surface area contributed by atoms with Crippen LogP contribution in [0.3, 0.4) is 0 Å². The summed E-state index contributed by atoms with van der Waals surface area (Å²) in [6, 6.07) is 12.1. The van der Waals surface area contributed by atoms with Crippen LogP contribution in [0.5, 0.6) is 0 Å². The molecular weight excluding hydrogens is 351 g/mol. The van der Waals surface area contributed by atoms with Gasteiger partial charge in [-0.05, 0) is 35.9 Å². The summed E-state index contributed by atoms with van der Waals surface area (Å²) in [7, 11) is 0. The summed E-state index contributed by atoms with van der Waals surface area (Å²) < 4.78 is 2.39. The fourth-order valence-corrected chi connectivity index (χ4v) is 4.34. The highest BCUT2D eigenvalue weighted by molar-refractivity contribution is 6.41. The van der Waals surface area contributed by atoms with Gasteiger partial charge in [0.05, 0.1) is 10.0 Å². The average Bonchev–Trinajstić information content (AvgIpc) is 2.67. The molecule has 0 spiro atoms. The first-order chi connectivity index (χ1) is 11.1. The average molecular weight is 366 g/mol. The van der Waals surface area contributed by atoms with Gasteiger partial charge in [-0.1, -0.05) is 40.9 Å². The fourth-order valence-electron chi connectivity index (χ4n) is 3.31. The third-order valence-corrected chi connectivity index (χ3v) is 5.17. The van der Waals surface area contributed by atoms with Gasteiger partial charge in [-0.25, -0.2) is 0 Å².